The monoisotopic (exact) mass is 224 g/mol. The first-order valence-electron chi connectivity index (χ1n) is 6.01. The van der Waals surface area contributed by atoms with Crippen molar-refractivity contribution < 1.29 is 0 Å². The Balaban J connectivity index is 1.96. The maximum Gasteiger partial charge on any atom is 0.0726 e. The van der Waals surface area contributed by atoms with Crippen LogP contribution in [0.2, 0.25) is 0 Å². The van der Waals surface area contributed by atoms with Gasteiger partial charge >= 0.3 is 0 Å². The van der Waals surface area contributed by atoms with Gasteiger partial charge in [-0.25, -0.2) is 0 Å². The largest absolute Gasteiger partial charge is 0.376 e. The predicted octanol–water partition coefficient (Wildman–Crippen LogP) is 3.41. The van der Waals surface area contributed by atoms with Gasteiger partial charge in [-0.15, -0.1) is 0 Å². The number of hydrogen-bond acceptors (Lipinski definition) is 2. The second-order valence-corrected chi connectivity index (χ2v) is 4.76. The molecule has 1 aromatic carbocycles. The molecule has 2 nitrogen and oxygen atoms in total. The molecule has 1 atom stereocenters. The third kappa shape index (κ3) is 1.80. The highest BCUT2D eigenvalue weighted by Crippen LogP contribution is 2.35. The van der Waals surface area contributed by atoms with Crippen LogP contribution >= 0.6 is 0 Å². The molecule has 0 saturated heterocycles. The van der Waals surface area contributed by atoms with E-state index in [4.69, 9.17) is 0 Å². The summed E-state index contributed by atoms with van der Waals surface area (Å²) in [4.78, 5) is 4.43. The van der Waals surface area contributed by atoms with Gasteiger partial charge in [0.15, 0.2) is 0 Å². The zero-order chi connectivity index (χ0) is 11.8. The van der Waals surface area contributed by atoms with Crippen molar-refractivity contribution in [3.63, 3.8) is 0 Å². The Morgan fingerprint density at radius 2 is 2.12 bits per heavy atom. The number of aryl methyl sites for hydroxylation is 2. The van der Waals surface area contributed by atoms with Crippen LogP contribution in [-0.4, -0.2) is 4.98 Å². The Morgan fingerprint density at radius 3 is 2.88 bits per heavy atom. The Kier molecular flexibility index (Phi) is 2.36. The maximum absolute atomic E-state index is 4.43. The van der Waals surface area contributed by atoms with Crippen LogP contribution in [0, 0.1) is 13.8 Å². The molecule has 17 heavy (non-hydrogen) atoms. The highest BCUT2D eigenvalue weighted by atomic mass is 15.0. The lowest BCUT2D eigenvalue weighted by atomic mass is 10.0. The van der Waals surface area contributed by atoms with Crippen LogP contribution in [0.5, 0.6) is 0 Å². The van der Waals surface area contributed by atoms with Crippen LogP contribution in [0.25, 0.3) is 0 Å². The van der Waals surface area contributed by atoms with Crippen LogP contribution in [0.1, 0.15) is 28.4 Å². The number of nitrogens with one attached hydrogen (secondary N) is 1. The molecule has 0 amide bonds. The standard InChI is InChI=1S/C15H16N2/c1-10-7-11(2)12-9-15(17-14(12)8-10)13-5-3-4-6-16-13/h3-8,15,17H,9H2,1-2H3. The molecule has 0 saturated carbocycles. The summed E-state index contributed by atoms with van der Waals surface area (Å²) >= 11 is 0. The zero-order valence-corrected chi connectivity index (χ0v) is 10.2. The summed E-state index contributed by atoms with van der Waals surface area (Å²) in [5.41, 5.74) is 6.53. The van der Waals surface area contributed by atoms with Crippen LogP contribution in [0.15, 0.2) is 36.5 Å². The van der Waals surface area contributed by atoms with Crippen molar-refractivity contribution in [3.05, 3.63) is 58.9 Å². The minimum atomic E-state index is 0.326. The summed E-state index contributed by atoms with van der Waals surface area (Å²) in [5, 5.41) is 3.57. The number of pyridine rings is 1. The normalized spacial score (nSPS) is 17.6. The molecule has 0 bridgehead atoms. The average molecular weight is 224 g/mol. The van der Waals surface area contributed by atoms with Crippen LogP contribution < -0.4 is 5.32 Å². The molecule has 2 aromatic rings. The fourth-order valence-electron chi connectivity index (χ4n) is 2.60. The van der Waals surface area contributed by atoms with Gasteiger partial charge in [0.25, 0.3) is 0 Å². The van der Waals surface area contributed by atoms with E-state index in [0.29, 0.717) is 6.04 Å². The number of anilines is 1. The van der Waals surface area contributed by atoms with E-state index in [1.54, 1.807) is 0 Å². The Morgan fingerprint density at radius 1 is 1.24 bits per heavy atom. The summed E-state index contributed by atoms with van der Waals surface area (Å²) in [6.45, 7) is 4.33. The second kappa shape index (κ2) is 3.88. The molecule has 0 fully saturated rings. The number of hydrogen-bond donors (Lipinski definition) is 1. The zero-order valence-electron chi connectivity index (χ0n) is 10.2. The Hall–Kier alpha value is -1.83. The molecule has 1 aliphatic rings. The minimum Gasteiger partial charge on any atom is -0.376 e. The quantitative estimate of drug-likeness (QED) is 0.803. The third-order valence-electron chi connectivity index (χ3n) is 3.40. The fraction of sp³-hybridized carbons (Fsp3) is 0.267. The summed E-state index contributed by atoms with van der Waals surface area (Å²) in [6.07, 6.45) is 2.90. The molecule has 86 valence electrons. The summed E-state index contributed by atoms with van der Waals surface area (Å²) in [7, 11) is 0. The van der Waals surface area contributed by atoms with Gasteiger partial charge in [0.1, 0.15) is 0 Å². The molecule has 1 unspecified atom stereocenters. The van der Waals surface area contributed by atoms with Gasteiger partial charge in [-0.1, -0.05) is 12.1 Å². The summed E-state index contributed by atoms with van der Waals surface area (Å²) < 4.78 is 0. The van der Waals surface area contributed by atoms with Crippen molar-refractivity contribution in [1.82, 2.24) is 4.98 Å². The van der Waals surface area contributed by atoms with Crippen molar-refractivity contribution >= 4 is 5.69 Å². The van der Waals surface area contributed by atoms with Crippen molar-refractivity contribution in [2.75, 3.05) is 5.32 Å². The van der Waals surface area contributed by atoms with Crippen molar-refractivity contribution in [2.45, 2.75) is 26.3 Å². The molecule has 2 heteroatoms. The van der Waals surface area contributed by atoms with E-state index in [1.807, 2.05) is 18.3 Å². The second-order valence-electron chi connectivity index (χ2n) is 4.76. The third-order valence-corrected chi connectivity index (χ3v) is 3.40. The molecular formula is C15H16N2. The number of nitrogens with zero attached hydrogens (tertiary/aromatic N) is 1. The average Bonchev–Trinajstić information content (AvgIpc) is 2.74. The van der Waals surface area contributed by atoms with Gasteiger partial charge in [-0.3, -0.25) is 4.98 Å². The fourth-order valence-corrected chi connectivity index (χ4v) is 2.60. The molecule has 0 spiro atoms. The van der Waals surface area contributed by atoms with Crippen LogP contribution in [0.4, 0.5) is 5.69 Å². The predicted molar refractivity (Wildman–Crippen MR) is 70.2 cm³/mol. The Labute approximate surface area is 102 Å². The Bertz CT molecular complexity index is 546. The first-order chi connectivity index (χ1) is 8.24. The lowest BCUT2D eigenvalue weighted by Crippen LogP contribution is -2.07. The number of benzene rings is 1. The number of rotatable bonds is 1. The molecule has 0 aliphatic carbocycles. The summed E-state index contributed by atoms with van der Waals surface area (Å²) in [5.74, 6) is 0. The molecule has 1 aromatic heterocycles. The molecule has 3 rings (SSSR count). The van der Waals surface area contributed by atoms with E-state index in [1.165, 1.54) is 22.4 Å². The number of aromatic nitrogens is 1. The lowest BCUT2D eigenvalue weighted by Gasteiger charge is -2.09. The van der Waals surface area contributed by atoms with Gasteiger partial charge in [-0.05, 0) is 48.7 Å². The van der Waals surface area contributed by atoms with Crippen LogP contribution in [0.3, 0.4) is 0 Å². The highest BCUT2D eigenvalue weighted by molar-refractivity contribution is 5.62. The smallest absolute Gasteiger partial charge is 0.0726 e. The van der Waals surface area contributed by atoms with E-state index in [9.17, 15) is 0 Å². The minimum absolute atomic E-state index is 0.326. The first kappa shape index (κ1) is 10.3. The number of fused-ring (bicyclic) bond motifs is 1. The lowest BCUT2D eigenvalue weighted by molar-refractivity contribution is 0.786. The summed E-state index contributed by atoms with van der Waals surface area (Å²) in [6, 6.07) is 10.9. The van der Waals surface area contributed by atoms with E-state index < -0.39 is 0 Å². The van der Waals surface area contributed by atoms with E-state index in [-0.39, 0.29) is 0 Å². The van der Waals surface area contributed by atoms with Gasteiger partial charge in [0.2, 0.25) is 0 Å². The van der Waals surface area contributed by atoms with Gasteiger partial charge in [0, 0.05) is 18.3 Å². The molecule has 2 heterocycles. The molecular weight excluding hydrogens is 208 g/mol. The molecule has 1 aliphatic heterocycles. The SMILES string of the molecule is Cc1cc(C)c2c(c1)NC(c1ccccn1)C2. The van der Waals surface area contributed by atoms with Crippen LogP contribution in [-0.2, 0) is 6.42 Å². The highest BCUT2D eigenvalue weighted by Gasteiger charge is 2.24. The molecule has 0 radical (unpaired) electrons. The van der Waals surface area contributed by atoms with E-state index in [0.717, 1.165) is 12.1 Å². The topological polar surface area (TPSA) is 24.9 Å². The van der Waals surface area contributed by atoms with E-state index in [2.05, 4.69) is 42.3 Å². The van der Waals surface area contributed by atoms with Crippen molar-refractivity contribution in [3.8, 4) is 0 Å². The van der Waals surface area contributed by atoms with Crippen molar-refractivity contribution in [2.24, 2.45) is 0 Å². The first-order valence-corrected chi connectivity index (χ1v) is 6.01. The van der Waals surface area contributed by atoms with Gasteiger partial charge in [-0.2, -0.15) is 0 Å². The maximum atomic E-state index is 4.43. The van der Waals surface area contributed by atoms with Gasteiger partial charge in [0.05, 0.1) is 11.7 Å². The van der Waals surface area contributed by atoms with Crippen molar-refractivity contribution in [1.29, 1.82) is 0 Å². The van der Waals surface area contributed by atoms with E-state index >= 15 is 0 Å². The van der Waals surface area contributed by atoms with Gasteiger partial charge < -0.3 is 5.32 Å². The molecule has 1 N–H and O–H groups in total.